The van der Waals surface area contributed by atoms with E-state index < -0.39 is 0 Å². The molecule has 1 heterocycles. The first-order chi connectivity index (χ1) is 7.36. The molecule has 0 aromatic rings. The predicted molar refractivity (Wildman–Crippen MR) is 67.9 cm³/mol. The Morgan fingerprint density at radius 3 is 2.56 bits per heavy atom. The van der Waals surface area contributed by atoms with Gasteiger partial charge in [0, 0.05) is 6.54 Å². The Labute approximate surface area is 104 Å². The summed E-state index contributed by atoms with van der Waals surface area (Å²) in [6.45, 7) is 1.88. The van der Waals surface area contributed by atoms with Gasteiger partial charge in [0.1, 0.15) is 0 Å². The van der Waals surface area contributed by atoms with Gasteiger partial charge in [-0.1, -0.05) is 25.7 Å². The molecule has 2 aliphatic rings. The van der Waals surface area contributed by atoms with Gasteiger partial charge in [-0.3, -0.25) is 4.79 Å². The van der Waals surface area contributed by atoms with Gasteiger partial charge in [-0.05, 0) is 31.7 Å². The highest BCUT2D eigenvalue weighted by atomic mass is 35.5. The molecule has 1 aliphatic carbocycles. The van der Waals surface area contributed by atoms with Crippen molar-refractivity contribution in [1.82, 2.24) is 10.6 Å². The van der Waals surface area contributed by atoms with E-state index in [0.717, 1.165) is 31.8 Å². The van der Waals surface area contributed by atoms with E-state index >= 15 is 0 Å². The Morgan fingerprint density at radius 1 is 1.19 bits per heavy atom. The van der Waals surface area contributed by atoms with Crippen LogP contribution in [0.5, 0.6) is 0 Å². The number of carbonyl (C=O) groups is 1. The zero-order chi connectivity index (χ0) is 10.5. The zero-order valence-electron chi connectivity index (χ0n) is 9.84. The highest BCUT2D eigenvalue weighted by Crippen LogP contribution is 2.26. The van der Waals surface area contributed by atoms with E-state index in [4.69, 9.17) is 0 Å². The summed E-state index contributed by atoms with van der Waals surface area (Å²) in [7, 11) is 0. The van der Waals surface area contributed by atoms with E-state index in [9.17, 15) is 4.79 Å². The van der Waals surface area contributed by atoms with Crippen LogP contribution in [-0.4, -0.2) is 25.0 Å². The minimum atomic E-state index is 0. The first-order valence-corrected chi connectivity index (χ1v) is 6.37. The Morgan fingerprint density at radius 2 is 1.94 bits per heavy atom. The van der Waals surface area contributed by atoms with E-state index in [1.807, 2.05) is 0 Å². The predicted octanol–water partition coefficient (Wildman–Crippen LogP) is 1.86. The molecule has 0 spiro atoms. The number of carbonyl (C=O) groups excluding carboxylic acids is 1. The fourth-order valence-electron chi connectivity index (χ4n) is 2.73. The van der Waals surface area contributed by atoms with Crippen molar-refractivity contribution in [2.24, 2.45) is 5.92 Å². The molecule has 3 nitrogen and oxygen atoms in total. The lowest BCUT2D eigenvalue weighted by Gasteiger charge is -2.13. The van der Waals surface area contributed by atoms with Crippen molar-refractivity contribution in [3.63, 3.8) is 0 Å². The van der Waals surface area contributed by atoms with Crippen LogP contribution in [0.2, 0.25) is 0 Å². The number of hydrogen-bond donors (Lipinski definition) is 2. The van der Waals surface area contributed by atoms with Crippen molar-refractivity contribution < 1.29 is 4.79 Å². The Balaban J connectivity index is 0.00000128. The minimum Gasteiger partial charge on any atom is -0.355 e. The molecule has 0 aromatic carbocycles. The summed E-state index contributed by atoms with van der Waals surface area (Å²) in [6, 6.07) is 0.0913. The van der Waals surface area contributed by atoms with Crippen LogP contribution in [0.4, 0.5) is 0 Å². The van der Waals surface area contributed by atoms with E-state index in [-0.39, 0.29) is 24.4 Å². The fourth-order valence-corrected chi connectivity index (χ4v) is 2.73. The first-order valence-electron chi connectivity index (χ1n) is 6.37. The number of hydrogen-bond acceptors (Lipinski definition) is 2. The van der Waals surface area contributed by atoms with Crippen LogP contribution in [0.25, 0.3) is 0 Å². The molecule has 2 N–H and O–H groups in total. The molecule has 1 amide bonds. The molecular formula is C12H23ClN2O. The summed E-state index contributed by atoms with van der Waals surface area (Å²) in [5.74, 6) is 1.09. The molecule has 0 bridgehead atoms. The summed E-state index contributed by atoms with van der Waals surface area (Å²) < 4.78 is 0. The average Bonchev–Trinajstić information content (AvgIpc) is 2.90. The molecule has 0 radical (unpaired) electrons. The maximum atomic E-state index is 11.6. The molecular weight excluding hydrogens is 224 g/mol. The third-order valence-corrected chi connectivity index (χ3v) is 3.70. The number of nitrogens with one attached hydrogen (secondary N) is 2. The van der Waals surface area contributed by atoms with Crippen LogP contribution in [-0.2, 0) is 4.79 Å². The number of halogens is 1. The molecule has 1 aliphatic heterocycles. The molecule has 1 saturated carbocycles. The van der Waals surface area contributed by atoms with Gasteiger partial charge in [-0.25, -0.2) is 0 Å². The summed E-state index contributed by atoms with van der Waals surface area (Å²) in [6.07, 6.45) is 8.86. The van der Waals surface area contributed by atoms with Gasteiger partial charge in [0.25, 0.3) is 0 Å². The minimum absolute atomic E-state index is 0. The molecule has 1 saturated heterocycles. The fraction of sp³-hybridized carbons (Fsp3) is 0.917. The second-order valence-electron chi connectivity index (χ2n) is 4.88. The van der Waals surface area contributed by atoms with Crippen molar-refractivity contribution in [3.8, 4) is 0 Å². The van der Waals surface area contributed by atoms with Crippen molar-refractivity contribution in [1.29, 1.82) is 0 Å². The summed E-state index contributed by atoms with van der Waals surface area (Å²) in [5.41, 5.74) is 0. The van der Waals surface area contributed by atoms with Crippen LogP contribution in [0, 0.1) is 5.92 Å². The van der Waals surface area contributed by atoms with E-state index in [1.165, 1.54) is 32.1 Å². The standard InChI is InChI=1S/C12H22N2O.ClH/c15-12(11-6-3-8-13-11)14-9-7-10-4-1-2-5-10;/h10-11,13H,1-9H2,(H,14,15);1H. The SMILES string of the molecule is Cl.O=C(NCCC1CCCC1)C1CCCN1. The first kappa shape index (κ1) is 13.8. The maximum absolute atomic E-state index is 11.6. The van der Waals surface area contributed by atoms with Crippen LogP contribution >= 0.6 is 12.4 Å². The van der Waals surface area contributed by atoms with E-state index in [0.29, 0.717) is 0 Å². The Kier molecular flexibility index (Phi) is 6.14. The van der Waals surface area contributed by atoms with Crippen molar-refractivity contribution in [2.45, 2.75) is 51.0 Å². The summed E-state index contributed by atoms with van der Waals surface area (Å²) in [5, 5.41) is 6.27. The van der Waals surface area contributed by atoms with Crippen molar-refractivity contribution >= 4 is 18.3 Å². The summed E-state index contributed by atoms with van der Waals surface area (Å²) >= 11 is 0. The van der Waals surface area contributed by atoms with Gasteiger partial charge in [-0.15, -0.1) is 12.4 Å². The third-order valence-electron chi connectivity index (χ3n) is 3.70. The topological polar surface area (TPSA) is 41.1 Å². The monoisotopic (exact) mass is 246 g/mol. The average molecular weight is 247 g/mol. The van der Waals surface area contributed by atoms with E-state index in [2.05, 4.69) is 10.6 Å². The highest BCUT2D eigenvalue weighted by molar-refractivity contribution is 5.85. The Bertz CT molecular complexity index is 211. The van der Waals surface area contributed by atoms with Gasteiger partial charge >= 0.3 is 0 Å². The molecule has 16 heavy (non-hydrogen) atoms. The van der Waals surface area contributed by atoms with Gasteiger partial charge in [0.15, 0.2) is 0 Å². The van der Waals surface area contributed by atoms with Crippen LogP contribution in [0.3, 0.4) is 0 Å². The van der Waals surface area contributed by atoms with Crippen molar-refractivity contribution in [3.05, 3.63) is 0 Å². The van der Waals surface area contributed by atoms with Gasteiger partial charge < -0.3 is 10.6 Å². The van der Waals surface area contributed by atoms with Gasteiger partial charge in [0.05, 0.1) is 6.04 Å². The maximum Gasteiger partial charge on any atom is 0.237 e. The highest BCUT2D eigenvalue weighted by Gasteiger charge is 2.22. The molecule has 2 rings (SSSR count). The largest absolute Gasteiger partial charge is 0.355 e. The van der Waals surface area contributed by atoms with E-state index in [1.54, 1.807) is 0 Å². The number of amides is 1. The molecule has 2 fully saturated rings. The molecule has 0 aromatic heterocycles. The molecule has 1 atom stereocenters. The lowest BCUT2D eigenvalue weighted by molar-refractivity contribution is -0.122. The lowest BCUT2D eigenvalue weighted by atomic mass is 10.0. The Hall–Kier alpha value is -0.280. The van der Waals surface area contributed by atoms with Gasteiger partial charge in [0.2, 0.25) is 5.91 Å². The van der Waals surface area contributed by atoms with Crippen molar-refractivity contribution in [2.75, 3.05) is 13.1 Å². The van der Waals surface area contributed by atoms with Gasteiger partial charge in [-0.2, -0.15) is 0 Å². The normalized spacial score (nSPS) is 25.4. The third kappa shape index (κ3) is 3.95. The smallest absolute Gasteiger partial charge is 0.237 e. The molecule has 1 unspecified atom stereocenters. The molecule has 4 heteroatoms. The summed E-state index contributed by atoms with van der Waals surface area (Å²) in [4.78, 5) is 11.6. The zero-order valence-corrected chi connectivity index (χ0v) is 10.7. The second-order valence-corrected chi connectivity index (χ2v) is 4.88. The molecule has 94 valence electrons. The quantitative estimate of drug-likeness (QED) is 0.795. The number of rotatable bonds is 4. The van der Waals surface area contributed by atoms with Crippen LogP contribution < -0.4 is 10.6 Å². The van der Waals surface area contributed by atoms with Crippen LogP contribution in [0.1, 0.15) is 44.9 Å². The second kappa shape index (κ2) is 7.13. The lowest BCUT2D eigenvalue weighted by Crippen LogP contribution is -2.41. The van der Waals surface area contributed by atoms with Crippen LogP contribution in [0.15, 0.2) is 0 Å².